The number of nitrogens with zero attached hydrogens (tertiary/aromatic N) is 3. The Balaban J connectivity index is 1.74. The lowest BCUT2D eigenvalue weighted by molar-refractivity contribution is 0.129. The van der Waals surface area contributed by atoms with E-state index in [1.807, 2.05) is 0 Å². The number of benzene rings is 1. The molecule has 1 fully saturated rings. The topological polar surface area (TPSA) is 52.1 Å². The van der Waals surface area contributed by atoms with Gasteiger partial charge in [0.15, 0.2) is 5.96 Å². The minimum Gasteiger partial charge on any atom is -0.381 e. The largest absolute Gasteiger partial charge is 0.381 e. The van der Waals surface area contributed by atoms with E-state index in [-0.39, 0.29) is 0 Å². The van der Waals surface area contributed by atoms with Gasteiger partial charge in [0.2, 0.25) is 0 Å². The van der Waals surface area contributed by atoms with Gasteiger partial charge in [-0.2, -0.15) is 0 Å². The van der Waals surface area contributed by atoms with Gasteiger partial charge in [-0.15, -0.1) is 0 Å². The lowest BCUT2D eigenvalue weighted by Crippen LogP contribution is -2.38. The first-order chi connectivity index (χ1) is 14.7. The number of unbranched alkanes of at least 4 members (excludes halogenated alkanes) is 1. The minimum atomic E-state index is 0.692. The van der Waals surface area contributed by atoms with E-state index < -0.39 is 0 Å². The third-order valence-electron chi connectivity index (χ3n) is 5.41. The Morgan fingerprint density at radius 2 is 1.73 bits per heavy atom. The van der Waals surface area contributed by atoms with Crippen molar-refractivity contribution >= 4 is 5.96 Å². The highest BCUT2D eigenvalue weighted by atomic mass is 16.5. The molecule has 1 heterocycles. The zero-order valence-corrected chi connectivity index (χ0v) is 19.5. The number of likely N-dealkylation sites (N-methyl/N-ethyl adjacent to an activating group) is 1. The van der Waals surface area contributed by atoms with Crippen molar-refractivity contribution in [3.8, 4) is 0 Å². The van der Waals surface area contributed by atoms with Crippen molar-refractivity contribution in [3.05, 3.63) is 35.4 Å². The molecule has 0 unspecified atom stereocenters. The van der Waals surface area contributed by atoms with Crippen molar-refractivity contribution in [2.24, 2.45) is 4.99 Å². The van der Waals surface area contributed by atoms with Gasteiger partial charge in [-0.3, -0.25) is 4.90 Å². The van der Waals surface area contributed by atoms with Crippen LogP contribution in [0.25, 0.3) is 0 Å². The van der Waals surface area contributed by atoms with E-state index in [9.17, 15) is 0 Å². The molecule has 2 N–H and O–H groups in total. The van der Waals surface area contributed by atoms with Gasteiger partial charge in [0.25, 0.3) is 0 Å². The van der Waals surface area contributed by atoms with Gasteiger partial charge in [-0.25, -0.2) is 4.99 Å². The molecule has 6 heteroatoms. The molecule has 0 bridgehead atoms. The Hall–Kier alpha value is -1.63. The Labute approximate surface area is 184 Å². The quantitative estimate of drug-likeness (QED) is 0.311. The second-order valence-electron chi connectivity index (χ2n) is 8.19. The fourth-order valence-corrected chi connectivity index (χ4v) is 3.51. The monoisotopic (exact) mass is 417 g/mol. The molecule has 0 atom stereocenters. The van der Waals surface area contributed by atoms with E-state index in [4.69, 9.17) is 9.73 Å². The predicted molar refractivity (Wildman–Crippen MR) is 127 cm³/mol. The first-order valence-corrected chi connectivity index (χ1v) is 11.8. The van der Waals surface area contributed by atoms with Crippen LogP contribution in [0.15, 0.2) is 29.3 Å². The lowest BCUT2D eigenvalue weighted by Gasteiger charge is -2.20. The van der Waals surface area contributed by atoms with Gasteiger partial charge in [-0.05, 0) is 57.5 Å². The summed E-state index contributed by atoms with van der Waals surface area (Å²) in [4.78, 5) is 9.73. The van der Waals surface area contributed by atoms with E-state index in [0.29, 0.717) is 6.54 Å². The molecule has 1 aromatic rings. The number of hydrogen-bond donors (Lipinski definition) is 2. The molecule has 0 saturated carbocycles. The highest BCUT2D eigenvalue weighted by Gasteiger charge is 2.12. The van der Waals surface area contributed by atoms with E-state index in [1.54, 1.807) is 0 Å². The number of nitrogens with one attached hydrogen (secondary N) is 2. The Morgan fingerprint density at radius 1 is 0.967 bits per heavy atom. The fourth-order valence-electron chi connectivity index (χ4n) is 3.51. The van der Waals surface area contributed by atoms with Crippen LogP contribution >= 0.6 is 0 Å². The molecule has 0 aromatic heterocycles. The molecule has 0 spiro atoms. The van der Waals surface area contributed by atoms with Crippen molar-refractivity contribution in [3.63, 3.8) is 0 Å². The van der Waals surface area contributed by atoms with Crippen LogP contribution in [-0.2, 0) is 17.8 Å². The third kappa shape index (κ3) is 10.4. The van der Waals surface area contributed by atoms with Crippen LogP contribution in [0.4, 0.5) is 0 Å². The average molecular weight is 418 g/mol. The highest BCUT2D eigenvalue weighted by molar-refractivity contribution is 5.79. The van der Waals surface area contributed by atoms with E-state index in [2.05, 4.69) is 65.6 Å². The molecular weight excluding hydrogens is 374 g/mol. The van der Waals surface area contributed by atoms with Crippen molar-refractivity contribution in [2.75, 3.05) is 59.5 Å². The number of ether oxygens (including phenoxy) is 1. The SMILES string of the molecule is CCCCOCCCNC(=NCc1ccc(CN2CCCN(C)CC2)cc1)NCC. The second kappa shape index (κ2) is 15.2. The zero-order chi connectivity index (χ0) is 21.4. The van der Waals surface area contributed by atoms with Gasteiger partial charge >= 0.3 is 0 Å². The molecule has 30 heavy (non-hydrogen) atoms. The molecule has 1 aliphatic rings. The number of rotatable bonds is 12. The smallest absolute Gasteiger partial charge is 0.191 e. The Bertz CT molecular complexity index is 590. The second-order valence-corrected chi connectivity index (χ2v) is 8.19. The van der Waals surface area contributed by atoms with E-state index >= 15 is 0 Å². The summed E-state index contributed by atoms with van der Waals surface area (Å²) < 4.78 is 5.62. The van der Waals surface area contributed by atoms with Crippen LogP contribution in [0.5, 0.6) is 0 Å². The zero-order valence-electron chi connectivity index (χ0n) is 19.5. The van der Waals surface area contributed by atoms with Crippen LogP contribution in [0.1, 0.15) is 50.7 Å². The Kier molecular flexibility index (Phi) is 12.5. The van der Waals surface area contributed by atoms with Gasteiger partial charge in [0.1, 0.15) is 0 Å². The number of guanidine groups is 1. The fraction of sp³-hybridized carbons (Fsp3) is 0.708. The molecule has 1 aromatic carbocycles. The molecule has 6 nitrogen and oxygen atoms in total. The average Bonchev–Trinajstić information content (AvgIpc) is 2.96. The molecule has 0 radical (unpaired) electrons. The van der Waals surface area contributed by atoms with E-state index in [0.717, 1.165) is 64.7 Å². The number of hydrogen-bond acceptors (Lipinski definition) is 4. The van der Waals surface area contributed by atoms with E-state index in [1.165, 1.54) is 37.1 Å². The van der Waals surface area contributed by atoms with Gasteiger partial charge < -0.3 is 20.3 Å². The van der Waals surface area contributed by atoms with Crippen molar-refractivity contribution in [1.29, 1.82) is 0 Å². The summed E-state index contributed by atoms with van der Waals surface area (Å²) >= 11 is 0. The molecule has 0 amide bonds. The van der Waals surface area contributed by atoms with Crippen LogP contribution in [0.2, 0.25) is 0 Å². The lowest BCUT2D eigenvalue weighted by atomic mass is 10.1. The van der Waals surface area contributed by atoms with Crippen molar-refractivity contribution < 1.29 is 4.74 Å². The van der Waals surface area contributed by atoms with Crippen LogP contribution in [-0.4, -0.2) is 75.3 Å². The van der Waals surface area contributed by atoms with Crippen LogP contribution < -0.4 is 10.6 Å². The molecule has 1 aliphatic heterocycles. The first kappa shape index (κ1) is 24.6. The summed E-state index contributed by atoms with van der Waals surface area (Å²) in [5.41, 5.74) is 2.63. The summed E-state index contributed by atoms with van der Waals surface area (Å²) in [6, 6.07) is 8.95. The summed E-state index contributed by atoms with van der Waals surface area (Å²) in [7, 11) is 2.22. The number of aliphatic imine (C=N–C) groups is 1. The maximum Gasteiger partial charge on any atom is 0.191 e. The first-order valence-electron chi connectivity index (χ1n) is 11.8. The molecule has 1 saturated heterocycles. The summed E-state index contributed by atoms with van der Waals surface area (Å²) in [6.45, 7) is 14.2. The summed E-state index contributed by atoms with van der Waals surface area (Å²) in [6.07, 6.45) is 4.58. The van der Waals surface area contributed by atoms with Gasteiger partial charge in [0.05, 0.1) is 6.54 Å². The highest BCUT2D eigenvalue weighted by Crippen LogP contribution is 2.11. The maximum absolute atomic E-state index is 5.62. The maximum atomic E-state index is 5.62. The van der Waals surface area contributed by atoms with Crippen molar-refractivity contribution in [2.45, 2.75) is 52.6 Å². The predicted octanol–water partition coefficient (Wildman–Crippen LogP) is 3.09. The molecule has 170 valence electrons. The molecule has 2 rings (SSSR count). The summed E-state index contributed by atoms with van der Waals surface area (Å²) in [5, 5.41) is 6.73. The van der Waals surface area contributed by atoms with Gasteiger partial charge in [0, 0.05) is 45.9 Å². The van der Waals surface area contributed by atoms with Crippen LogP contribution in [0.3, 0.4) is 0 Å². The third-order valence-corrected chi connectivity index (χ3v) is 5.41. The molecular formula is C24H43N5O. The molecule has 0 aliphatic carbocycles. The van der Waals surface area contributed by atoms with Crippen molar-refractivity contribution in [1.82, 2.24) is 20.4 Å². The normalized spacial score (nSPS) is 16.4. The van der Waals surface area contributed by atoms with Crippen LogP contribution in [0, 0.1) is 0 Å². The minimum absolute atomic E-state index is 0.692. The Morgan fingerprint density at radius 3 is 2.50 bits per heavy atom. The summed E-state index contributed by atoms with van der Waals surface area (Å²) in [5.74, 6) is 0.879. The standard InChI is InChI=1S/C24H43N5O/c1-4-6-18-30-19-7-13-26-24(25-5-2)27-20-22-9-11-23(12-10-22)21-29-15-8-14-28(3)16-17-29/h9-12H,4-8,13-21H2,1-3H3,(H2,25,26,27). The van der Waals surface area contributed by atoms with Gasteiger partial charge in [-0.1, -0.05) is 37.6 Å².